The predicted molar refractivity (Wildman–Crippen MR) is 205 cm³/mol. The van der Waals surface area contributed by atoms with Crippen LogP contribution in [-0.2, 0) is 41.6 Å². The Morgan fingerprint density at radius 2 is 1.05 bits per heavy atom. The van der Waals surface area contributed by atoms with E-state index in [0.717, 1.165) is 12.2 Å². The highest BCUT2D eigenvalue weighted by Crippen LogP contribution is 2.44. The third kappa shape index (κ3) is 6.45. The molecule has 0 N–H and O–H groups in total. The van der Waals surface area contributed by atoms with Crippen molar-refractivity contribution < 1.29 is 47.7 Å². The maximum Gasteiger partial charge on any atom is 0.418 e. The average molecular weight is 787 g/mol. The van der Waals surface area contributed by atoms with E-state index in [2.05, 4.69) is 9.97 Å². The second-order valence-corrected chi connectivity index (χ2v) is 14.2. The summed E-state index contributed by atoms with van der Waals surface area (Å²) in [6.07, 6.45) is 4.85. The van der Waals surface area contributed by atoms with Crippen LogP contribution in [0.2, 0.25) is 0 Å². The van der Waals surface area contributed by atoms with Crippen LogP contribution in [0.4, 0.5) is 9.59 Å². The lowest BCUT2D eigenvalue weighted by Crippen LogP contribution is -2.33. The lowest BCUT2D eigenvalue weighted by molar-refractivity contribution is -0.147. The Bertz CT molecular complexity index is 2510. The third-order valence-corrected chi connectivity index (χ3v) is 10.9. The molecule has 4 aromatic heterocycles. The fourth-order valence-electron chi connectivity index (χ4n) is 8.27. The molecule has 4 atom stereocenters. The molecule has 6 aromatic rings. The topological polar surface area (TPSA) is 185 Å². The standard InChI is InChI=1S/C42H38N6O10/c1-23-43-15-17-45(23)21-25-19-31(37-35(39(25)51)27-9-5-7-11-29(27)47(37)41(53)55-3)57-33(49)13-14-34(50)58-32-20-26(22-46-18-16-44-24(46)2)40(52)36-28-10-6-8-12-30(28)48(38(32)36)42(54)56-4/h5-18,25-26,31-32H,19-22H2,1-4H3/b14-13-. The Labute approximate surface area is 330 Å². The molecule has 8 rings (SSSR count). The van der Waals surface area contributed by atoms with Crippen LogP contribution in [0, 0.1) is 25.7 Å². The van der Waals surface area contributed by atoms with Crippen molar-refractivity contribution in [1.29, 1.82) is 0 Å². The predicted octanol–water partition coefficient (Wildman–Crippen LogP) is 6.07. The summed E-state index contributed by atoms with van der Waals surface area (Å²) in [4.78, 5) is 90.4. The van der Waals surface area contributed by atoms with E-state index in [1.807, 2.05) is 23.0 Å². The molecule has 2 aliphatic carbocycles. The van der Waals surface area contributed by atoms with Crippen LogP contribution in [0.5, 0.6) is 0 Å². The highest BCUT2D eigenvalue weighted by atomic mass is 16.6. The molecule has 4 unspecified atom stereocenters. The first-order chi connectivity index (χ1) is 28.0. The van der Waals surface area contributed by atoms with E-state index in [9.17, 15) is 28.8 Å². The number of hydrogen-bond donors (Lipinski definition) is 0. The summed E-state index contributed by atoms with van der Waals surface area (Å²) in [5.74, 6) is -2.29. The molecule has 0 fully saturated rings. The van der Waals surface area contributed by atoms with Crippen LogP contribution in [0.15, 0.2) is 85.5 Å². The van der Waals surface area contributed by atoms with Crippen LogP contribution in [0.1, 0.15) is 68.8 Å². The summed E-state index contributed by atoms with van der Waals surface area (Å²) in [7, 11) is 2.43. The molecule has 58 heavy (non-hydrogen) atoms. The summed E-state index contributed by atoms with van der Waals surface area (Å²) in [5.41, 5.74) is 1.61. The molecule has 0 saturated carbocycles. The molecule has 0 spiro atoms. The van der Waals surface area contributed by atoms with Gasteiger partial charge < -0.3 is 28.1 Å². The Hall–Kier alpha value is -7.10. The minimum Gasteiger partial charge on any atom is -0.453 e. The summed E-state index contributed by atoms with van der Waals surface area (Å²) in [6, 6.07) is 13.7. The summed E-state index contributed by atoms with van der Waals surface area (Å²) in [6.45, 7) is 4.11. The van der Waals surface area contributed by atoms with E-state index in [1.165, 1.54) is 23.4 Å². The molecule has 16 heteroatoms. The summed E-state index contributed by atoms with van der Waals surface area (Å²) >= 11 is 0. The Balaban J connectivity index is 1.10. The number of ketones is 2. The van der Waals surface area contributed by atoms with E-state index in [4.69, 9.17) is 18.9 Å². The number of carbonyl (C=O) groups excluding carboxylic acids is 6. The second kappa shape index (κ2) is 15.1. The van der Waals surface area contributed by atoms with Crippen LogP contribution in [0.3, 0.4) is 0 Å². The number of rotatable bonds is 8. The zero-order valence-corrected chi connectivity index (χ0v) is 32.0. The van der Waals surface area contributed by atoms with Gasteiger partial charge in [0.05, 0.1) is 47.8 Å². The minimum atomic E-state index is -1.10. The Kier molecular flexibility index (Phi) is 9.84. The number of nitrogens with zero attached hydrogens (tertiary/aromatic N) is 6. The molecular weight excluding hydrogens is 748 g/mol. The van der Waals surface area contributed by atoms with Gasteiger partial charge >= 0.3 is 24.1 Å². The van der Waals surface area contributed by atoms with Crippen LogP contribution < -0.4 is 0 Å². The number of fused-ring (bicyclic) bond motifs is 6. The number of para-hydroxylation sites is 2. The quantitative estimate of drug-likeness (QED) is 0.0988. The zero-order valence-electron chi connectivity index (χ0n) is 32.0. The molecule has 0 radical (unpaired) electrons. The van der Waals surface area contributed by atoms with Crippen LogP contribution in [0.25, 0.3) is 21.8 Å². The number of esters is 2. The van der Waals surface area contributed by atoms with E-state index in [-0.39, 0.29) is 60.0 Å². The number of carbonyl (C=O) groups is 6. The monoisotopic (exact) mass is 786 g/mol. The molecule has 0 amide bonds. The van der Waals surface area contributed by atoms with Crippen molar-refractivity contribution in [2.75, 3.05) is 14.2 Å². The van der Waals surface area contributed by atoms with Gasteiger partial charge in [0.1, 0.15) is 23.9 Å². The lowest BCUT2D eigenvalue weighted by Gasteiger charge is -2.30. The van der Waals surface area contributed by atoms with Gasteiger partial charge in [0.25, 0.3) is 0 Å². The van der Waals surface area contributed by atoms with Crippen molar-refractivity contribution in [2.24, 2.45) is 11.8 Å². The number of methoxy groups -OCH3 is 2. The number of hydrogen-bond acceptors (Lipinski definition) is 12. The number of imidazole rings is 2. The van der Waals surface area contributed by atoms with Crippen molar-refractivity contribution in [3.63, 3.8) is 0 Å². The second-order valence-electron chi connectivity index (χ2n) is 14.2. The number of Topliss-reactive ketones (excluding diaryl/α,β-unsaturated/α-hetero) is 2. The summed E-state index contributed by atoms with van der Waals surface area (Å²) < 4.78 is 28.2. The first-order valence-corrected chi connectivity index (χ1v) is 18.6. The number of aromatic nitrogens is 6. The van der Waals surface area contributed by atoms with Gasteiger partial charge in [-0.05, 0) is 26.0 Å². The highest BCUT2D eigenvalue weighted by Gasteiger charge is 2.43. The summed E-state index contributed by atoms with van der Waals surface area (Å²) in [5, 5.41) is 0.993. The van der Waals surface area contributed by atoms with Gasteiger partial charge in [-0.25, -0.2) is 38.3 Å². The minimum absolute atomic E-state index is 0.0233. The van der Waals surface area contributed by atoms with Gasteiger partial charge in [-0.1, -0.05) is 36.4 Å². The van der Waals surface area contributed by atoms with Gasteiger partial charge in [0.2, 0.25) is 0 Å². The van der Waals surface area contributed by atoms with Crippen molar-refractivity contribution in [2.45, 2.75) is 52.0 Å². The maximum atomic E-state index is 14.1. The Morgan fingerprint density at radius 3 is 1.41 bits per heavy atom. The molecule has 296 valence electrons. The Morgan fingerprint density at radius 1 is 0.655 bits per heavy atom. The normalized spacial score (nSPS) is 19.0. The fraction of sp³-hybridized carbons (Fsp3) is 0.286. The third-order valence-electron chi connectivity index (χ3n) is 10.9. The zero-order chi connectivity index (χ0) is 40.8. The van der Waals surface area contributed by atoms with Crippen molar-refractivity contribution in [3.8, 4) is 0 Å². The number of aryl methyl sites for hydroxylation is 2. The van der Waals surface area contributed by atoms with Crippen LogP contribution in [-0.4, -0.2) is 78.1 Å². The SMILES string of the molecule is COC(=O)n1c2c(c3ccccc31)C(=O)C(Cn1ccnc1C)CC2OC(=O)/C=C\C(=O)OC1CC(Cn2ccnc2C)C(=O)c2c1n(C(=O)OC)c1ccccc21. The maximum absolute atomic E-state index is 14.1. The van der Waals surface area contributed by atoms with Crippen molar-refractivity contribution >= 4 is 57.5 Å². The molecular formula is C42H38N6O10. The molecule has 16 nitrogen and oxygen atoms in total. The average Bonchev–Trinajstić information content (AvgIpc) is 4.00. The van der Waals surface area contributed by atoms with Crippen LogP contribution >= 0.6 is 0 Å². The van der Waals surface area contributed by atoms with E-state index in [1.54, 1.807) is 73.3 Å². The lowest BCUT2D eigenvalue weighted by atomic mass is 9.83. The molecule has 0 bridgehead atoms. The fourth-order valence-corrected chi connectivity index (χ4v) is 8.27. The largest absolute Gasteiger partial charge is 0.453 e. The van der Waals surface area contributed by atoms with Gasteiger partial charge in [0, 0.05) is 85.5 Å². The van der Waals surface area contributed by atoms with Gasteiger partial charge in [0.15, 0.2) is 11.6 Å². The van der Waals surface area contributed by atoms with E-state index in [0.29, 0.717) is 33.5 Å². The molecule has 2 aliphatic rings. The number of ether oxygens (including phenoxy) is 4. The first kappa shape index (κ1) is 37.8. The van der Waals surface area contributed by atoms with Crippen molar-refractivity contribution in [1.82, 2.24) is 28.2 Å². The van der Waals surface area contributed by atoms with E-state index < -0.39 is 48.2 Å². The van der Waals surface area contributed by atoms with Gasteiger partial charge in [-0.15, -0.1) is 0 Å². The molecule has 0 saturated heterocycles. The first-order valence-electron chi connectivity index (χ1n) is 18.6. The molecule has 4 heterocycles. The van der Waals surface area contributed by atoms with Crippen molar-refractivity contribution in [3.05, 3.63) is 120 Å². The van der Waals surface area contributed by atoms with Gasteiger partial charge in [-0.3, -0.25) is 9.59 Å². The highest BCUT2D eigenvalue weighted by molar-refractivity contribution is 6.14. The molecule has 2 aromatic carbocycles. The molecule has 0 aliphatic heterocycles. The van der Waals surface area contributed by atoms with E-state index >= 15 is 0 Å². The number of benzene rings is 2. The van der Waals surface area contributed by atoms with Gasteiger partial charge in [-0.2, -0.15) is 0 Å². The smallest absolute Gasteiger partial charge is 0.418 e.